The predicted octanol–water partition coefficient (Wildman–Crippen LogP) is 4.19. The third-order valence-corrected chi connectivity index (χ3v) is 4.88. The summed E-state index contributed by atoms with van der Waals surface area (Å²) in [6.07, 6.45) is 0.198. The van der Waals surface area contributed by atoms with E-state index in [4.69, 9.17) is 9.47 Å². The molecule has 0 spiro atoms. The number of amides is 1. The van der Waals surface area contributed by atoms with E-state index >= 15 is 0 Å². The van der Waals surface area contributed by atoms with Gasteiger partial charge >= 0.3 is 12.7 Å². The third kappa shape index (κ3) is 4.25. The molecule has 4 atom stereocenters. The number of carbonyl (C=O) groups excluding carboxylic acids is 1. The van der Waals surface area contributed by atoms with Gasteiger partial charge in [0.15, 0.2) is 0 Å². The molecule has 1 unspecified atom stereocenters. The molecule has 1 aromatic rings. The lowest BCUT2D eigenvalue weighted by Crippen LogP contribution is -2.45. The monoisotopic (exact) mass is 384 g/mol. The van der Waals surface area contributed by atoms with Crippen LogP contribution in [0.25, 0.3) is 0 Å². The topological polar surface area (TPSA) is 60.9 Å². The Morgan fingerprint density at radius 2 is 2.04 bits per heavy atom. The number of hydrogen-bond acceptors (Lipinski definition) is 5. The van der Waals surface area contributed by atoms with Crippen molar-refractivity contribution in [2.45, 2.75) is 71.3 Å². The number of pyridine rings is 1. The summed E-state index contributed by atoms with van der Waals surface area (Å²) < 4.78 is 40.8. The van der Waals surface area contributed by atoms with Gasteiger partial charge in [-0.3, -0.25) is 0 Å². The van der Waals surface area contributed by atoms with Crippen LogP contribution in [0.4, 0.5) is 13.6 Å². The van der Waals surface area contributed by atoms with Crippen LogP contribution in [0.3, 0.4) is 0 Å². The average Bonchev–Trinajstić information content (AvgIpc) is 2.80. The summed E-state index contributed by atoms with van der Waals surface area (Å²) in [7, 11) is 0. The van der Waals surface area contributed by atoms with Crippen molar-refractivity contribution in [3.05, 3.63) is 17.7 Å². The van der Waals surface area contributed by atoms with Crippen molar-refractivity contribution in [1.82, 2.24) is 9.88 Å². The highest BCUT2D eigenvalue weighted by atomic mass is 19.3. The molecule has 1 saturated heterocycles. The molecule has 150 valence electrons. The summed E-state index contributed by atoms with van der Waals surface area (Å²) >= 11 is 0. The molecule has 1 amide bonds. The fourth-order valence-corrected chi connectivity index (χ4v) is 3.85. The smallest absolute Gasteiger partial charge is 0.410 e. The number of alkyl halides is 2. The number of carbonyl (C=O) groups is 1. The summed E-state index contributed by atoms with van der Waals surface area (Å²) in [4.78, 5) is 18.6. The Bertz CT molecular complexity index is 707. The minimum atomic E-state index is -2.94. The van der Waals surface area contributed by atoms with E-state index in [9.17, 15) is 13.6 Å². The number of fused-ring (bicyclic) bond motifs is 3. The van der Waals surface area contributed by atoms with Crippen LogP contribution in [-0.4, -0.2) is 46.9 Å². The van der Waals surface area contributed by atoms with Gasteiger partial charge in [-0.1, -0.05) is 6.92 Å². The summed E-state index contributed by atoms with van der Waals surface area (Å²) in [5, 5.41) is 0. The van der Waals surface area contributed by atoms with Gasteiger partial charge in [0.25, 0.3) is 0 Å². The molecule has 0 N–H and O–H groups in total. The maximum atomic E-state index is 12.7. The largest absolute Gasteiger partial charge is 0.473 e. The number of likely N-dealkylation sites (tertiary alicyclic amines) is 1. The molecular weight excluding hydrogens is 358 g/mol. The van der Waals surface area contributed by atoms with Crippen LogP contribution in [-0.2, 0) is 4.74 Å². The van der Waals surface area contributed by atoms with Gasteiger partial charge in [-0.2, -0.15) is 13.8 Å². The third-order valence-electron chi connectivity index (χ3n) is 4.88. The van der Waals surface area contributed by atoms with Crippen LogP contribution in [0, 0.1) is 5.92 Å². The second-order valence-corrected chi connectivity index (χ2v) is 8.32. The number of hydrogen-bond donors (Lipinski definition) is 0. The quantitative estimate of drug-likeness (QED) is 0.765. The Labute approximate surface area is 157 Å². The summed E-state index contributed by atoms with van der Waals surface area (Å²) in [5.74, 6) is 0.213. The molecule has 6 nitrogen and oxygen atoms in total. The fourth-order valence-electron chi connectivity index (χ4n) is 3.85. The van der Waals surface area contributed by atoms with Crippen LogP contribution in [0.2, 0.25) is 0 Å². The molecule has 1 fully saturated rings. The zero-order valence-corrected chi connectivity index (χ0v) is 16.2. The van der Waals surface area contributed by atoms with Crippen molar-refractivity contribution in [2.75, 3.05) is 6.54 Å². The van der Waals surface area contributed by atoms with Crippen LogP contribution in [0.15, 0.2) is 12.1 Å². The second kappa shape index (κ2) is 7.13. The van der Waals surface area contributed by atoms with Gasteiger partial charge in [-0.05, 0) is 46.1 Å². The molecule has 0 bridgehead atoms. The molecule has 0 aromatic carbocycles. The van der Waals surface area contributed by atoms with E-state index in [1.165, 1.54) is 6.07 Å². The van der Waals surface area contributed by atoms with Crippen molar-refractivity contribution in [3.8, 4) is 11.8 Å². The lowest BCUT2D eigenvalue weighted by molar-refractivity contribution is -0.0531. The first-order chi connectivity index (χ1) is 12.5. The molecular formula is C19H26F2N2O4. The first-order valence-electron chi connectivity index (χ1n) is 9.17. The lowest BCUT2D eigenvalue weighted by atomic mass is 9.87. The van der Waals surface area contributed by atoms with Crippen LogP contribution in [0.1, 0.15) is 52.5 Å². The van der Waals surface area contributed by atoms with E-state index in [2.05, 4.69) is 16.6 Å². The highest BCUT2D eigenvalue weighted by molar-refractivity contribution is 5.69. The van der Waals surface area contributed by atoms with Gasteiger partial charge in [0, 0.05) is 30.1 Å². The maximum absolute atomic E-state index is 12.7. The minimum absolute atomic E-state index is 0.106. The Kier molecular flexibility index (Phi) is 5.18. The first-order valence-corrected chi connectivity index (χ1v) is 9.17. The number of ether oxygens (including phenoxy) is 3. The van der Waals surface area contributed by atoms with Crippen LogP contribution >= 0.6 is 0 Å². The summed E-state index contributed by atoms with van der Waals surface area (Å²) in [5.41, 5.74) is 0.218. The molecule has 2 aliphatic heterocycles. The number of halogens is 2. The van der Waals surface area contributed by atoms with E-state index in [1.807, 2.05) is 27.7 Å². The zero-order valence-electron chi connectivity index (χ0n) is 16.2. The van der Waals surface area contributed by atoms with Crippen LogP contribution in [0.5, 0.6) is 11.8 Å². The number of aromatic nitrogens is 1. The SMILES string of the molecule is CC1[C@H]2c3ccc(OC(F)F)nc3O[C@H]2C[C@@H](C)CN1C(=O)OC(C)(C)C. The normalized spacial score (nSPS) is 27.5. The number of nitrogens with zero attached hydrogens (tertiary/aromatic N) is 2. The molecule has 1 aromatic heterocycles. The molecule has 27 heavy (non-hydrogen) atoms. The predicted molar refractivity (Wildman–Crippen MR) is 94.2 cm³/mol. The first kappa shape index (κ1) is 19.6. The van der Waals surface area contributed by atoms with Gasteiger partial charge in [-0.15, -0.1) is 0 Å². The van der Waals surface area contributed by atoms with E-state index in [0.29, 0.717) is 12.4 Å². The van der Waals surface area contributed by atoms with E-state index < -0.39 is 12.2 Å². The van der Waals surface area contributed by atoms with Gasteiger partial charge in [0.05, 0.1) is 0 Å². The summed E-state index contributed by atoms with van der Waals surface area (Å²) in [6.45, 7) is 7.15. The highest BCUT2D eigenvalue weighted by Crippen LogP contribution is 2.45. The molecule has 2 aliphatic rings. The second-order valence-electron chi connectivity index (χ2n) is 8.32. The Morgan fingerprint density at radius 1 is 1.33 bits per heavy atom. The number of rotatable bonds is 2. The maximum Gasteiger partial charge on any atom is 0.410 e. The van der Waals surface area contributed by atoms with Gasteiger partial charge in [-0.25, -0.2) is 4.79 Å². The van der Waals surface area contributed by atoms with Crippen molar-refractivity contribution >= 4 is 6.09 Å². The standard InChI is InChI=1S/C19H26F2N2O4/c1-10-8-13-15(11(2)23(9-10)18(24)27-19(3,4)5)12-6-7-14(26-17(20)21)22-16(12)25-13/h6-7,10-11,13,15,17H,8-9H2,1-5H3/t10-,11?,13+,15+/m1/s1. The average molecular weight is 384 g/mol. The Balaban J connectivity index is 1.88. The zero-order chi connectivity index (χ0) is 19.9. The fraction of sp³-hybridized carbons (Fsp3) is 0.684. The highest BCUT2D eigenvalue weighted by Gasteiger charge is 2.46. The van der Waals surface area contributed by atoms with E-state index in [-0.39, 0.29) is 36.0 Å². The molecule has 0 radical (unpaired) electrons. The Morgan fingerprint density at radius 3 is 2.67 bits per heavy atom. The molecule has 0 saturated carbocycles. The Hall–Kier alpha value is -2.12. The summed E-state index contributed by atoms with van der Waals surface area (Å²) in [6, 6.07) is 2.93. The van der Waals surface area contributed by atoms with Gasteiger partial charge in [0.2, 0.25) is 11.8 Å². The van der Waals surface area contributed by atoms with Gasteiger partial charge in [0.1, 0.15) is 11.7 Å². The lowest BCUT2D eigenvalue weighted by Gasteiger charge is -2.34. The van der Waals surface area contributed by atoms with E-state index in [0.717, 1.165) is 12.0 Å². The van der Waals surface area contributed by atoms with Crippen molar-refractivity contribution in [3.63, 3.8) is 0 Å². The van der Waals surface area contributed by atoms with Crippen molar-refractivity contribution in [1.29, 1.82) is 0 Å². The van der Waals surface area contributed by atoms with Crippen LogP contribution < -0.4 is 9.47 Å². The minimum Gasteiger partial charge on any atom is -0.473 e. The molecule has 8 heteroatoms. The van der Waals surface area contributed by atoms with Crippen molar-refractivity contribution < 1.29 is 27.8 Å². The molecule has 0 aliphatic carbocycles. The molecule has 3 rings (SSSR count). The van der Waals surface area contributed by atoms with Gasteiger partial charge < -0.3 is 19.1 Å². The van der Waals surface area contributed by atoms with E-state index in [1.54, 1.807) is 11.0 Å². The van der Waals surface area contributed by atoms with Crippen molar-refractivity contribution in [2.24, 2.45) is 5.92 Å². The molecule has 3 heterocycles.